The Morgan fingerprint density at radius 1 is 1.44 bits per heavy atom. The van der Waals surface area contributed by atoms with E-state index in [2.05, 4.69) is 9.97 Å². The van der Waals surface area contributed by atoms with Crippen LogP contribution in [0.2, 0.25) is 0 Å². The molecule has 0 N–H and O–H groups in total. The van der Waals surface area contributed by atoms with E-state index in [0.29, 0.717) is 30.3 Å². The van der Waals surface area contributed by atoms with Crippen molar-refractivity contribution in [2.45, 2.75) is 32.8 Å². The monoisotopic (exact) mass is 272 g/mol. The zero-order valence-corrected chi connectivity index (χ0v) is 11.5. The van der Waals surface area contributed by atoms with Gasteiger partial charge in [0.1, 0.15) is 11.7 Å². The molecule has 0 aliphatic heterocycles. The summed E-state index contributed by atoms with van der Waals surface area (Å²) >= 11 is 5.79. The van der Waals surface area contributed by atoms with Gasteiger partial charge in [-0.25, -0.2) is 14.8 Å². The average molecular weight is 273 g/mol. The van der Waals surface area contributed by atoms with Gasteiger partial charge >= 0.3 is 5.97 Å². The molecule has 18 heavy (non-hydrogen) atoms. The highest BCUT2D eigenvalue weighted by atomic mass is 35.5. The van der Waals surface area contributed by atoms with Crippen LogP contribution in [0.3, 0.4) is 0 Å². The van der Waals surface area contributed by atoms with Gasteiger partial charge < -0.3 is 9.47 Å². The summed E-state index contributed by atoms with van der Waals surface area (Å²) in [7, 11) is 0. The minimum atomic E-state index is -0.455. The van der Waals surface area contributed by atoms with E-state index in [4.69, 9.17) is 21.1 Å². The summed E-state index contributed by atoms with van der Waals surface area (Å²) in [4.78, 5) is 20.0. The first-order valence-electron chi connectivity index (χ1n) is 5.84. The summed E-state index contributed by atoms with van der Waals surface area (Å²) in [6.07, 6.45) is 1.21. The van der Waals surface area contributed by atoms with E-state index >= 15 is 0 Å². The summed E-state index contributed by atoms with van der Waals surface area (Å²) in [6, 6.07) is 0. The topological polar surface area (TPSA) is 61.3 Å². The van der Waals surface area contributed by atoms with Gasteiger partial charge in [0, 0.05) is 12.8 Å². The molecule has 0 bridgehead atoms. The fourth-order valence-corrected chi connectivity index (χ4v) is 1.64. The molecule has 100 valence electrons. The lowest BCUT2D eigenvalue weighted by atomic mass is 10.2. The van der Waals surface area contributed by atoms with Crippen molar-refractivity contribution in [3.05, 3.63) is 23.3 Å². The first-order chi connectivity index (χ1) is 8.63. The Hall–Kier alpha value is -1.20. The zero-order valence-electron chi connectivity index (χ0n) is 10.8. The van der Waals surface area contributed by atoms with E-state index in [-0.39, 0.29) is 12.0 Å². The highest BCUT2D eigenvalue weighted by Crippen LogP contribution is 2.16. The number of esters is 1. The van der Waals surface area contributed by atoms with Crippen LogP contribution < -0.4 is 0 Å². The van der Waals surface area contributed by atoms with Crippen LogP contribution in [0.5, 0.6) is 0 Å². The Bertz CT molecular complexity index is 412. The largest absolute Gasteiger partial charge is 0.462 e. The lowest BCUT2D eigenvalue weighted by Gasteiger charge is -2.12. The number of ether oxygens (including phenoxy) is 2. The van der Waals surface area contributed by atoms with Crippen molar-refractivity contribution in [3.63, 3.8) is 0 Å². The van der Waals surface area contributed by atoms with Crippen LogP contribution in [0.1, 0.15) is 48.8 Å². The van der Waals surface area contributed by atoms with Gasteiger partial charge in [-0.1, -0.05) is 0 Å². The van der Waals surface area contributed by atoms with Crippen LogP contribution in [-0.2, 0) is 15.4 Å². The fourth-order valence-electron chi connectivity index (χ4n) is 1.43. The molecule has 0 amide bonds. The van der Waals surface area contributed by atoms with Crippen molar-refractivity contribution in [2.75, 3.05) is 13.2 Å². The first-order valence-corrected chi connectivity index (χ1v) is 6.37. The maximum atomic E-state index is 11.6. The lowest BCUT2D eigenvalue weighted by Crippen LogP contribution is -2.13. The number of aromatic nitrogens is 2. The van der Waals surface area contributed by atoms with Crippen LogP contribution in [0.15, 0.2) is 6.20 Å². The van der Waals surface area contributed by atoms with E-state index in [1.807, 2.05) is 13.8 Å². The molecular weight excluding hydrogens is 256 g/mol. The quantitative estimate of drug-likeness (QED) is 0.588. The lowest BCUT2D eigenvalue weighted by molar-refractivity contribution is 0.0521. The highest BCUT2D eigenvalue weighted by Gasteiger charge is 2.17. The van der Waals surface area contributed by atoms with Crippen LogP contribution in [0.4, 0.5) is 0 Å². The second-order valence-corrected chi connectivity index (χ2v) is 3.81. The van der Waals surface area contributed by atoms with Crippen LogP contribution in [0, 0.1) is 0 Å². The van der Waals surface area contributed by atoms with Crippen molar-refractivity contribution < 1.29 is 14.3 Å². The maximum absolute atomic E-state index is 11.6. The molecule has 0 saturated carbocycles. The van der Waals surface area contributed by atoms with Crippen molar-refractivity contribution >= 4 is 17.6 Å². The Kier molecular flexibility index (Phi) is 6.01. The van der Waals surface area contributed by atoms with E-state index in [1.165, 1.54) is 6.20 Å². The van der Waals surface area contributed by atoms with Gasteiger partial charge in [0.05, 0.1) is 18.2 Å². The molecule has 6 heteroatoms. The van der Waals surface area contributed by atoms with Crippen molar-refractivity contribution in [2.24, 2.45) is 0 Å². The SMILES string of the molecule is CCOC(=O)c1cnc(C(C)OCC)nc1CCl. The van der Waals surface area contributed by atoms with Crippen LogP contribution >= 0.6 is 11.6 Å². The van der Waals surface area contributed by atoms with Crippen molar-refractivity contribution in [3.8, 4) is 0 Å². The van der Waals surface area contributed by atoms with Gasteiger partial charge in [-0.05, 0) is 20.8 Å². The number of hydrogen-bond donors (Lipinski definition) is 0. The van der Waals surface area contributed by atoms with Crippen molar-refractivity contribution in [1.82, 2.24) is 9.97 Å². The van der Waals surface area contributed by atoms with Gasteiger partial charge in [-0.15, -0.1) is 11.6 Å². The molecule has 5 nitrogen and oxygen atoms in total. The zero-order chi connectivity index (χ0) is 13.5. The summed E-state index contributed by atoms with van der Waals surface area (Å²) in [6.45, 7) is 6.36. The van der Waals surface area contributed by atoms with Gasteiger partial charge in [-0.2, -0.15) is 0 Å². The predicted octanol–water partition coefficient (Wildman–Crippen LogP) is 2.49. The molecule has 0 spiro atoms. The minimum Gasteiger partial charge on any atom is -0.462 e. The molecule has 1 aromatic rings. The number of carbonyl (C=O) groups excluding carboxylic acids is 1. The minimum absolute atomic E-state index is 0.127. The molecule has 1 aromatic heterocycles. The summed E-state index contributed by atoms with van der Waals surface area (Å²) in [5.41, 5.74) is 0.769. The molecular formula is C12H17ClN2O3. The molecule has 0 aliphatic carbocycles. The summed E-state index contributed by atoms with van der Waals surface area (Å²) < 4.78 is 10.3. The molecule has 0 fully saturated rings. The number of halogens is 1. The Morgan fingerprint density at radius 3 is 2.72 bits per heavy atom. The Balaban J connectivity index is 2.99. The second kappa shape index (κ2) is 7.28. The van der Waals surface area contributed by atoms with E-state index in [1.54, 1.807) is 6.92 Å². The average Bonchev–Trinajstić information content (AvgIpc) is 2.38. The third-order valence-electron chi connectivity index (χ3n) is 2.29. The smallest absolute Gasteiger partial charge is 0.341 e. The molecule has 1 unspecified atom stereocenters. The van der Waals surface area contributed by atoms with E-state index in [9.17, 15) is 4.79 Å². The molecule has 0 radical (unpaired) electrons. The summed E-state index contributed by atoms with van der Waals surface area (Å²) in [5, 5.41) is 0. The standard InChI is InChI=1S/C12H17ClN2O3/c1-4-17-8(3)11-14-7-9(10(6-13)15-11)12(16)18-5-2/h7-8H,4-6H2,1-3H3. The number of hydrogen-bond acceptors (Lipinski definition) is 5. The van der Waals surface area contributed by atoms with E-state index in [0.717, 1.165) is 0 Å². The number of alkyl halides is 1. The molecule has 1 atom stereocenters. The third-order valence-corrected chi connectivity index (χ3v) is 2.54. The molecule has 0 aliphatic rings. The van der Waals surface area contributed by atoms with Gasteiger partial charge in [0.2, 0.25) is 0 Å². The molecule has 1 heterocycles. The number of rotatable bonds is 6. The summed E-state index contributed by atoms with van der Waals surface area (Å²) in [5.74, 6) is 0.187. The number of nitrogens with zero attached hydrogens (tertiary/aromatic N) is 2. The van der Waals surface area contributed by atoms with Gasteiger partial charge in [-0.3, -0.25) is 0 Å². The van der Waals surface area contributed by atoms with E-state index < -0.39 is 5.97 Å². The Morgan fingerprint density at radius 2 is 2.17 bits per heavy atom. The highest BCUT2D eigenvalue weighted by molar-refractivity contribution is 6.17. The molecule has 0 saturated heterocycles. The molecule has 0 aromatic carbocycles. The predicted molar refractivity (Wildman–Crippen MR) is 67.6 cm³/mol. The third kappa shape index (κ3) is 3.65. The maximum Gasteiger partial charge on any atom is 0.341 e. The second-order valence-electron chi connectivity index (χ2n) is 3.54. The van der Waals surface area contributed by atoms with Gasteiger partial charge in [0.15, 0.2) is 5.82 Å². The number of carbonyl (C=O) groups is 1. The van der Waals surface area contributed by atoms with Crippen LogP contribution in [-0.4, -0.2) is 29.2 Å². The van der Waals surface area contributed by atoms with Gasteiger partial charge in [0.25, 0.3) is 0 Å². The normalized spacial score (nSPS) is 12.2. The van der Waals surface area contributed by atoms with Crippen molar-refractivity contribution in [1.29, 1.82) is 0 Å². The van der Waals surface area contributed by atoms with Crippen LogP contribution in [0.25, 0.3) is 0 Å². The molecule has 1 rings (SSSR count). The fraction of sp³-hybridized carbons (Fsp3) is 0.583. The Labute approximate surface area is 111 Å². The first kappa shape index (κ1) is 14.9.